The molecule has 1 aromatic rings. The van der Waals surface area contributed by atoms with E-state index in [1.807, 2.05) is 6.92 Å². The molecule has 0 spiro atoms. The molecule has 0 amide bonds. The predicted octanol–water partition coefficient (Wildman–Crippen LogP) is 3.56. The van der Waals surface area contributed by atoms with Gasteiger partial charge in [0.15, 0.2) is 0 Å². The van der Waals surface area contributed by atoms with Crippen molar-refractivity contribution in [2.24, 2.45) is 5.92 Å². The Morgan fingerprint density at radius 2 is 1.90 bits per heavy atom. The Labute approximate surface area is 130 Å². The van der Waals surface area contributed by atoms with Crippen LogP contribution in [0.5, 0.6) is 5.75 Å². The van der Waals surface area contributed by atoms with Gasteiger partial charge in [-0.3, -0.25) is 0 Å². The smallest absolute Gasteiger partial charge is 0.244 e. The fourth-order valence-electron chi connectivity index (χ4n) is 1.83. The van der Waals surface area contributed by atoms with Crippen LogP contribution in [0.15, 0.2) is 27.6 Å². The maximum absolute atomic E-state index is 12.4. The monoisotopic (exact) mass is 363 g/mol. The van der Waals surface area contributed by atoms with Crippen molar-refractivity contribution in [3.63, 3.8) is 0 Å². The summed E-state index contributed by atoms with van der Waals surface area (Å²) in [5, 5.41) is 0. The van der Waals surface area contributed by atoms with Gasteiger partial charge in [0.1, 0.15) is 10.6 Å². The van der Waals surface area contributed by atoms with Crippen molar-refractivity contribution in [1.29, 1.82) is 0 Å². The minimum atomic E-state index is -3.58. The van der Waals surface area contributed by atoms with E-state index in [1.54, 1.807) is 18.2 Å². The van der Waals surface area contributed by atoms with Gasteiger partial charge >= 0.3 is 0 Å². The van der Waals surface area contributed by atoms with E-state index in [9.17, 15) is 8.42 Å². The first-order valence-electron chi connectivity index (χ1n) is 6.62. The number of rotatable bonds is 7. The molecule has 0 aliphatic rings. The normalized spacial score (nSPS) is 13.5. The topological polar surface area (TPSA) is 55.4 Å². The molecule has 1 unspecified atom stereocenters. The number of hydrogen-bond donors (Lipinski definition) is 1. The van der Waals surface area contributed by atoms with Crippen molar-refractivity contribution in [1.82, 2.24) is 4.72 Å². The molecule has 0 bridgehead atoms. The van der Waals surface area contributed by atoms with Gasteiger partial charge in [-0.2, -0.15) is 0 Å². The van der Waals surface area contributed by atoms with E-state index in [2.05, 4.69) is 34.5 Å². The third-order valence-corrected chi connectivity index (χ3v) is 5.05. The van der Waals surface area contributed by atoms with E-state index >= 15 is 0 Å². The van der Waals surface area contributed by atoms with Crippen molar-refractivity contribution < 1.29 is 13.2 Å². The highest BCUT2D eigenvalue weighted by Crippen LogP contribution is 2.27. The van der Waals surface area contributed by atoms with E-state index in [4.69, 9.17) is 4.74 Å². The Morgan fingerprint density at radius 3 is 2.45 bits per heavy atom. The first-order chi connectivity index (χ1) is 9.26. The molecule has 0 heterocycles. The second kappa shape index (κ2) is 7.43. The Morgan fingerprint density at radius 1 is 1.25 bits per heavy atom. The van der Waals surface area contributed by atoms with Gasteiger partial charge < -0.3 is 4.74 Å². The maximum Gasteiger partial charge on any atom is 0.244 e. The molecule has 0 fully saturated rings. The lowest BCUT2D eigenvalue weighted by atomic mass is 10.1. The van der Waals surface area contributed by atoms with E-state index in [-0.39, 0.29) is 10.9 Å². The highest BCUT2D eigenvalue weighted by Gasteiger charge is 2.22. The van der Waals surface area contributed by atoms with E-state index in [1.165, 1.54) is 7.11 Å². The third-order valence-electron chi connectivity index (χ3n) is 2.95. The lowest BCUT2D eigenvalue weighted by Crippen LogP contribution is -2.33. The highest BCUT2D eigenvalue weighted by atomic mass is 79.9. The van der Waals surface area contributed by atoms with Crippen LogP contribution in [0.1, 0.15) is 33.6 Å². The first-order valence-corrected chi connectivity index (χ1v) is 8.89. The summed E-state index contributed by atoms with van der Waals surface area (Å²) >= 11 is 3.29. The fourth-order valence-corrected chi connectivity index (χ4v) is 3.82. The van der Waals surface area contributed by atoms with Gasteiger partial charge in [-0.1, -0.05) is 29.8 Å². The molecule has 4 nitrogen and oxygen atoms in total. The number of methoxy groups -OCH3 is 1. The number of hydrogen-bond acceptors (Lipinski definition) is 3. The first kappa shape index (κ1) is 17.5. The van der Waals surface area contributed by atoms with Crippen LogP contribution in [0.2, 0.25) is 0 Å². The summed E-state index contributed by atoms with van der Waals surface area (Å²) in [6.07, 6.45) is 1.80. The SMILES string of the molecule is COc1ccc(Br)cc1S(=O)(=O)NC(C)CCC(C)C. The molecule has 114 valence electrons. The summed E-state index contributed by atoms with van der Waals surface area (Å²) in [5.41, 5.74) is 0. The average molecular weight is 364 g/mol. The van der Waals surface area contributed by atoms with Crippen LogP contribution >= 0.6 is 15.9 Å². The Bertz CT molecular complexity index is 543. The standard InChI is InChI=1S/C14H22BrNO3S/c1-10(2)5-6-11(3)16-20(17,18)14-9-12(15)7-8-13(14)19-4/h7-11,16H,5-6H2,1-4H3. The third kappa shape index (κ3) is 5.07. The minimum Gasteiger partial charge on any atom is -0.495 e. The summed E-state index contributed by atoms with van der Waals surface area (Å²) in [6.45, 7) is 6.13. The summed E-state index contributed by atoms with van der Waals surface area (Å²) < 4.78 is 33.3. The van der Waals surface area contributed by atoms with E-state index in [0.717, 1.165) is 12.8 Å². The average Bonchev–Trinajstić information content (AvgIpc) is 2.36. The van der Waals surface area contributed by atoms with Gasteiger partial charge in [0.2, 0.25) is 10.0 Å². The summed E-state index contributed by atoms with van der Waals surface area (Å²) in [4.78, 5) is 0.158. The zero-order chi connectivity index (χ0) is 15.3. The Balaban J connectivity index is 2.91. The van der Waals surface area contributed by atoms with Crippen molar-refractivity contribution in [2.45, 2.75) is 44.6 Å². The molecule has 0 aromatic heterocycles. The maximum atomic E-state index is 12.4. The molecule has 20 heavy (non-hydrogen) atoms. The van der Waals surface area contributed by atoms with Gasteiger partial charge in [0.05, 0.1) is 7.11 Å². The van der Waals surface area contributed by atoms with Gasteiger partial charge in [0.25, 0.3) is 0 Å². The lowest BCUT2D eigenvalue weighted by molar-refractivity contribution is 0.401. The second-order valence-corrected chi connectivity index (χ2v) is 7.89. The molecule has 1 aromatic carbocycles. The second-order valence-electron chi connectivity index (χ2n) is 5.29. The van der Waals surface area contributed by atoms with Gasteiger partial charge in [0, 0.05) is 10.5 Å². The van der Waals surface area contributed by atoms with Crippen LogP contribution in [0.3, 0.4) is 0 Å². The quantitative estimate of drug-likeness (QED) is 0.805. The van der Waals surface area contributed by atoms with E-state index < -0.39 is 10.0 Å². The van der Waals surface area contributed by atoms with Crippen LogP contribution in [0.4, 0.5) is 0 Å². The molecule has 1 atom stereocenters. The number of nitrogens with one attached hydrogen (secondary N) is 1. The molecular weight excluding hydrogens is 342 g/mol. The van der Waals surface area contributed by atoms with Crippen LogP contribution in [0, 0.1) is 5.92 Å². The van der Waals surface area contributed by atoms with Crippen LogP contribution in [-0.4, -0.2) is 21.6 Å². The molecule has 0 radical (unpaired) electrons. The van der Waals surface area contributed by atoms with Crippen LogP contribution < -0.4 is 9.46 Å². The number of benzene rings is 1. The lowest BCUT2D eigenvalue weighted by Gasteiger charge is -2.17. The molecular formula is C14H22BrNO3S. The predicted molar refractivity (Wildman–Crippen MR) is 84.5 cm³/mol. The Kier molecular flexibility index (Phi) is 6.48. The number of halogens is 1. The molecule has 0 aliphatic heterocycles. The largest absolute Gasteiger partial charge is 0.495 e. The summed E-state index contributed by atoms with van der Waals surface area (Å²) in [5.74, 6) is 0.902. The fraction of sp³-hybridized carbons (Fsp3) is 0.571. The molecule has 1 N–H and O–H groups in total. The van der Waals surface area contributed by atoms with Crippen molar-refractivity contribution in [2.75, 3.05) is 7.11 Å². The number of ether oxygens (including phenoxy) is 1. The van der Waals surface area contributed by atoms with Crippen molar-refractivity contribution in [3.8, 4) is 5.75 Å². The molecule has 0 saturated heterocycles. The Hall–Kier alpha value is -0.590. The van der Waals surface area contributed by atoms with Gasteiger partial charge in [-0.25, -0.2) is 13.1 Å². The molecule has 6 heteroatoms. The highest BCUT2D eigenvalue weighted by molar-refractivity contribution is 9.10. The van der Waals surface area contributed by atoms with Gasteiger partial charge in [-0.15, -0.1) is 0 Å². The van der Waals surface area contributed by atoms with Crippen LogP contribution in [0.25, 0.3) is 0 Å². The molecule has 1 rings (SSSR count). The molecule has 0 aliphatic carbocycles. The summed E-state index contributed by atoms with van der Waals surface area (Å²) in [7, 11) is -2.11. The van der Waals surface area contributed by atoms with Gasteiger partial charge in [-0.05, 0) is 43.9 Å². The van der Waals surface area contributed by atoms with Crippen molar-refractivity contribution in [3.05, 3.63) is 22.7 Å². The van der Waals surface area contributed by atoms with Crippen molar-refractivity contribution >= 4 is 26.0 Å². The van der Waals surface area contributed by atoms with E-state index in [0.29, 0.717) is 16.1 Å². The number of sulfonamides is 1. The summed E-state index contributed by atoms with van der Waals surface area (Å²) in [6, 6.07) is 4.83. The molecule has 0 saturated carbocycles. The zero-order valence-corrected chi connectivity index (χ0v) is 14.7. The minimum absolute atomic E-state index is 0.105. The zero-order valence-electron chi connectivity index (χ0n) is 12.3. The van der Waals surface area contributed by atoms with Crippen LogP contribution in [-0.2, 0) is 10.0 Å².